The zero-order valence-corrected chi connectivity index (χ0v) is 15.0. The molecule has 0 aliphatic rings. The van der Waals surface area contributed by atoms with Crippen molar-refractivity contribution in [3.8, 4) is 0 Å². The van der Waals surface area contributed by atoms with E-state index in [-0.39, 0.29) is 0 Å². The van der Waals surface area contributed by atoms with Crippen molar-refractivity contribution in [2.24, 2.45) is 0 Å². The van der Waals surface area contributed by atoms with E-state index in [1.165, 1.54) is 42.4 Å². The maximum absolute atomic E-state index is 5.53. The first-order valence-corrected chi connectivity index (χ1v) is 9.04. The fraction of sp³-hybridized carbons (Fsp3) is 0.318. The predicted molar refractivity (Wildman–Crippen MR) is 106 cm³/mol. The number of aryl methyl sites for hydroxylation is 2. The number of unbranched alkanes of at least 4 members (excludes halogenated alkanes) is 2. The molecule has 2 aromatic rings. The van der Waals surface area contributed by atoms with Crippen LogP contribution in [0.1, 0.15) is 55.4 Å². The summed E-state index contributed by atoms with van der Waals surface area (Å²) in [4.78, 5) is 0.893. The third-order valence-corrected chi connectivity index (χ3v) is 4.47. The van der Waals surface area contributed by atoms with Crippen LogP contribution < -0.4 is 0 Å². The second-order valence-corrected chi connectivity index (χ2v) is 6.39. The smallest absolute Gasteiger partial charge is 0.0449 e. The highest BCUT2D eigenvalue weighted by Gasteiger charge is 1.98. The number of benzene rings is 2. The summed E-state index contributed by atoms with van der Waals surface area (Å²) in [7, 11) is 0. The Morgan fingerprint density at radius 3 is 2.43 bits per heavy atom. The molecular formula is C22H26S. The van der Waals surface area contributed by atoms with Crippen molar-refractivity contribution in [1.82, 2.24) is 0 Å². The second kappa shape index (κ2) is 9.42. The van der Waals surface area contributed by atoms with Gasteiger partial charge < -0.3 is 0 Å². The third kappa shape index (κ3) is 5.76. The van der Waals surface area contributed by atoms with Crippen LogP contribution in [0.3, 0.4) is 0 Å². The van der Waals surface area contributed by atoms with E-state index in [1.54, 1.807) is 0 Å². The van der Waals surface area contributed by atoms with Crippen LogP contribution >= 0.6 is 12.2 Å². The lowest BCUT2D eigenvalue weighted by molar-refractivity contribution is 0.717. The molecule has 0 atom stereocenters. The summed E-state index contributed by atoms with van der Waals surface area (Å²) < 4.78 is 0. The van der Waals surface area contributed by atoms with Gasteiger partial charge in [-0.2, -0.15) is 0 Å². The molecule has 0 spiro atoms. The summed E-state index contributed by atoms with van der Waals surface area (Å²) in [6.45, 7) is 4.41. The van der Waals surface area contributed by atoms with Gasteiger partial charge >= 0.3 is 0 Å². The molecule has 0 aromatic heterocycles. The molecule has 0 unspecified atom stereocenters. The number of hydrogen-bond donors (Lipinski definition) is 0. The molecule has 0 amide bonds. The number of allylic oxidation sites excluding steroid dienone is 1. The second-order valence-electron chi connectivity index (χ2n) is 5.95. The Labute approximate surface area is 146 Å². The minimum atomic E-state index is 0.893. The van der Waals surface area contributed by atoms with Gasteiger partial charge in [0.05, 0.1) is 0 Å². The van der Waals surface area contributed by atoms with Gasteiger partial charge in [0.15, 0.2) is 0 Å². The van der Waals surface area contributed by atoms with Crippen molar-refractivity contribution in [2.45, 2.75) is 46.0 Å². The van der Waals surface area contributed by atoms with Crippen molar-refractivity contribution in [2.75, 3.05) is 0 Å². The highest BCUT2D eigenvalue weighted by molar-refractivity contribution is 7.81. The zero-order valence-electron chi connectivity index (χ0n) is 14.2. The van der Waals surface area contributed by atoms with Crippen LogP contribution in [0.2, 0.25) is 0 Å². The maximum Gasteiger partial charge on any atom is 0.0449 e. The monoisotopic (exact) mass is 322 g/mol. The summed E-state index contributed by atoms with van der Waals surface area (Å²) in [5, 5.41) is 0. The fourth-order valence-electron chi connectivity index (χ4n) is 2.60. The highest BCUT2D eigenvalue weighted by Crippen LogP contribution is 2.13. The van der Waals surface area contributed by atoms with E-state index in [0.717, 1.165) is 16.8 Å². The fourth-order valence-corrected chi connectivity index (χ4v) is 2.81. The van der Waals surface area contributed by atoms with E-state index < -0.39 is 0 Å². The Morgan fingerprint density at radius 1 is 0.957 bits per heavy atom. The summed E-state index contributed by atoms with van der Waals surface area (Å²) in [5.74, 6) is 0. The lowest BCUT2D eigenvalue weighted by atomic mass is 10.0. The number of rotatable bonds is 8. The van der Waals surface area contributed by atoms with Gasteiger partial charge in [-0.05, 0) is 47.6 Å². The molecular weight excluding hydrogens is 296 g/mol. The van der Waals surface area contributed by atoms with Crippen LogP contribution in [0.5, 0.6) is 0 Å². The van der Waals surface area contributed by atoms with Crippen LogP contribution in [0, 0.1) is 0 Å². The molecule has 23 heavy (non-hydrogen) atoms. The molecule has 0 heterocycles. The van der Waals surface area contributed by atoms with Crippen LogP contribution in [-0.2, 0) is 12.8 Å². The minimum absolute atomic E-state index is 0.893. The van der Waals surface area contributed by atoms with E-state index in [0.29, 0.717) is 0 Å². The molecule has 0 saturated carbocycles. The van der Waals surface area contributed by atoms with Crippen molar-refractivity contribution in [1.29, 1.82) is 0 Å². The molecule has 2 aromatic carbocycles. The van der Waals surface area contributed by atoms with E-state index in [2.05, 4.69) is 68.5 Å². The zero-order chi connectivity index (χ0) is 16.5. The lowest BCUT2D eigenvalue weighted by Crippen LogP contribution is -1.93. The summed E-state index contributed by atoms with van der Waals surface area (Å²) >= 11 is 5.53. The molecule has 0 fully saturated rings. The molecule has 120 valence electrons. The molecule has 0 radical (unpaired) electrons. The molecule has 0 aliphatic carbocycles. The molecule has 0 N–H and O–H groups in total. The number of hydrogen-bond acceptors (Lipinski definition) is 1. The van der Waals surface area contributed by atoms with Crippen LogP contribution in [0.4, 0.5) is 0 Å². The summed E-state index contributed by atoms with van der Waals surface area (Å²) in [5.41, 5.74) is 5.11. The topological polar surface area (TPSA) is 0 Å². The molecule has 0 bridgehead atoms. The normalized spacial score (nSPS) is 11.0. The van der Waals surface area contributed by atoms with Crippen molar-refractivity contribution >= 4 is 23.2 Å². The molecule has 1 heteroatoms. The van der Waals surface area contributed by atoms with Gasteiger partial charge in [-0.25, -0.2) is 0 Å². The van der Waals surface area contributed by atoms with E-state index in [1.807, 2.05) is 6.08 Å². The van der Waals surface area contributed by atoms with E-state index in [9.17, 15) is 0 Å². The quantitative estimate of drug-likeness (QED) is 0.234. The highest BCUT2D eigenvalue weighted by atomic mass is 32.1. The van der Waals surface area contributed by atoms with Gasteiger partial charge in [-0.3, -0.25) is 0 Å². The standard InChI is InChI=1S/C22H26S/c1-3-5-6-8-19-9-7-10-20(17-19)13-16-22(23)21-14-11-18(4-2)12-15-21/h7,9-17H,3-6,8H2,1-2H3. The Bertz CT molecular complexity index is 650. The SMILES string of the molecule is CCCCCc1cccc(C=CC(=S)c2ccc(CC)cc2)c1. The van der Waals surface area contributed by atoms with Crippen LogP contribution in [0.25, 0.3) is 6.08 Å². The van der Waals surface area contributed by atoms with Crippen LogP contribution in [-0.4, -0.2) is 4.86 Å². The van der Waals surface area contributed by atoms with Crippen molar-refractivity contribution < 1.29 is 0 Å². The van der Waals surface area contributed by atoms with Crippen molar-refractivity contribution in [3.05, 3.63) is 76.9 Å². The van der Waals surface area contributed by atoms with Gasteiger partial charge in [0.1, 0.15) is 0 Å². The first kappa shape index (κ1) is 17.6. The largest absolute Gasteiger partial charge is 0.0795 e. The van der Waals surface area contributed by atoms with E-state index >= 15 is 0 Å². The van der Waals surface area contributed by atoms with E-state index in [4.69, 9.17) is 12.2 Å². The van der Waals surface area contributed by atoms with Crippen LogP contribution in [0.15, 0.2) is 54.6 Å². The van der Waals surface area contributed by atoms with Gasteiger partial charge in [-0.1, -0.05) is 93.5 Å². The Balaban J connectivity index is 2.00. The Kier molecular flexibility index (Phi) is 7.22. The Hall–Kier alpha value is -1.73. The molecule has 0 aliphatic heterocycles. The third-order valence-electron chi connectivity index (χ3n) is 4.09. The van der Waals surface area contributed by atoms with Gasteiger partial charge in [0.25, 0.3) is 0 Å². The Morgan fingerprint density at radius 2 is 1.74 bits per heavy atom. The summed E-state index contributed by atoms with van der Waals surface area (Å²) in [6, 6.07) is 17.3. The molecule has 2 rings (SSSR count). The average molecular weight is 323 g/mol. The molecule has 0 nitrogen and oxygen atoms in total. The van der Waals surface area contributed by atoms with Gasteiger partial charge in [0.2, 0.25) is 0 Å². The lowest BCUT2D eigenvalue weighted by Gasteiger charge is -2.03. The molecule has 0 saturated heterocycles. The van der Waals surface area contributed by atoms with Gasteiger partial charge in [0, 0.05) is 4.86 Å². The van der Waals surface area contributed by atoms with Gasteiger partial charge in [-0.15, -0.1) is 0 Å². The first-order valence-electron chi connectivity index (χ1n) is 8.63. The average Bonchev–Trinajstić information content (AvgIpc) is 2.60. The minimum Gasteiger partial charge on any atom is -0.0795 e. The maximum atomic E-state index is 5.53. The first-order chi connectivity index (χ1) is 11.2. The van der Waals surface area contributed by atoms with Crippen molar-refractivity contribution in [3.63, 3.8) is 0 Å². The summed E-state index contributed by atoms with van der Waals surface area (Å²) in [6.07, 6.45) is 10.2. The number of thiocarbonyl (C=S) groups is 1. The predicted octanol–water partition coefficient (Wildman–Crippen LogP) is 6.41.